The van der Waals surface area contributed by atoms with Crippen LogP contribution in [0, 0.1) is 20.8 Å². The molecule has 0 radical (unpaired) electrons. The number of carbonyl (C=O) groups is 1. The molecule has 1 amide bonds. The van der Waals surface area contributed by atoms with Crippen molar-refractivity contribution in [3.8, 4) is 28.4 Å². The zero-order chi connectivity index (χ0) is 26.9. The fraction of sp³-hybridized carbons (Fsp3) is 0.0968. The van der Waals surface area contributed by atoms with Crippen LogP contribution >= 0.6 is 11.3 Å². The molecule has 4 heterocycles. The van der Waals surface area contributed by atoms with E-state index in [-0.39, 0.29) is 5.91 Å². The summed E-state index contributed by atoms with van der Waals surface area (Å²) in [4.78, 5) is 27.4. The Hall–Kier alpha value is -4.82. The number of nitrogens with zero attached hydrogens (tertiary/aromatic N) is 4. The maximum Gasteiger partial charge on any atom is 0.255 e. The van der Waals surface area contributed by atoms with Gasteiger partial charge in [0.25, 0.3) is 5.91 Å². The van der Waals surface area contributed by atoms with E-state index in [1.165, 1.54) is 0 Å². The number of thiophene rings is 1. The summed E-state index contributed by atoms with van der Waals surface area (Å²) in [7, 11) is 0. The molecule has 0 aliphatic heterocycles. The van der Waals surface area contributed by atoms with E-state index in [9.17, 15) is 4.79 Å². The zero-order valence-electron chi connectivity index (χ0n) is 21.7. The van der Waals surface area contributed by atoms with E-state index in [1.54, 1.807) is 36.1 Å². The van der Waals surface area contributed by atoms with E-state index in [4.69, 9.17) is 9.72 Å². The molecule has 0 atom stereocenters. The van der Waals surface area contributed by atoms with Gasteiger partial charge in [-0.15, -0.1) is 11.3 Å². The van der Waals surface area contributed by atoms with Crippen LogP contribution in [-0.2, 0) is 0 Å². The first-order chi connectivity index (χ1) is 18.9. The molecule has 0 aliphatic rings. The summed E-state index contributed by atoms with van der Waals surface area (Å²) in [6.45, 7) is 5.91. The Morgan fingerprint density at radius 1 is 0.949 bits per heavy atom. The number of imidazole rings is 1. The summed E-state index contributed by atoms with van der Waals surface area (Å²) < 4.78 is 8.38. The molecule has 0 aliphatic carbocycles. The van der Waals surface area contributed by atoms with Crippen molar-refractivity contribution in [3.05, 3.63) is 113 Å². The van der Waals surface area contributed by atoms with Crippen LogP contribution in [0.4, 0.5) is 5.69 Å². The maximum atomic E-state index is 13.3. The number of anilines is 1. The van der Waals surface area contributed by atoms with Crippen LogP contribution in [0.3, 0.4) is 0 Å². The van der Waals surface area contributed by atoms with Crippen molar-refractivity contribution in [1.29, 1.82) is 0 Å². The van der Waals surface area contributed by atoms with Crippen molar-refractivity contribution in [2.75, 3.05) is 5.32 Å². The minimum Gasteiger partial charge on any atom is -0.456 e. The van der Waals surface area contributed by atoms with Crippen LogP contribution in [0.2, 0.25) is 0 Å². The maximum absolute atomic E-state index is 13.3. The highest BCUT2D eigenvalue weighted by Gasteiger charge is 2.15. The van der Waals surface area contributed by atoms with Gasteiger partial charge < -0.3 is 14.6 Å². The van der Waals surface area contributed by atoms with E-state index in [1.807, 2.05) is 85.4 Å². The molecule has 39 heavy (non-hydrogen) atoms. The molecule has 0 spiro atoms. The fourth-order valence-corrected chi connectivity index (χ4v) is 5.17. The number of carbonyl (C=O) groups excluding carboxylic acids is 1. The van der Waals surface area contributed by atoms with Gasteiger partial charge in [-0.2, -0.15) is 0 Å². The first-order valence-electron chi connectivity index (χ1n) is 12.4. The average molecular weight is 532 g/mol. The van der Waals surface area contributed by atoms with Gasteiger partial charge in [0, 0.05) is 47.2 Å². The molecule has 7 nitrogen and oxygen atoms in total. The molecule has 0 saturated heterocycles. The van der Waals surface area contributed by atoms with E-state index in [0.29, 0.717) is 22.7 Å². The summed E-state index contributed by atoms with van der Waals surface area (Å²) >= 11 is 1.56. The highest BCUT2D eigenvalue weighted by atomic mass is 32.1. The summed E-state index contributed by atoms with van der Waals surface area (Å²) in [6.07, 6.45) is 7.21. The molecule has 8 heteroatoms. The Morgan fingerprint density at radius 2 is 1.79 bits per heavy atom. The second-order valence-corrected chi connectivity index (χ2v) is 10.3. The van der Waals surface area contributed by atoms with Crippen molar-refractivity contribution < 1.29 is 9.53 Å². The SMILES string of the molecule is Cc1cc(NC(=O)c2ccc(C)c(Oc3cc(-c4ccncc4)nc4sccc34)c2)cc(-n2cnc(C)c2)c1. The quantitative estimate of drug-likeness (QED) is 0.240. The molecule has 0 unspecified atom stereocenters. The second-order valence-electron chi connectivity index (χ2n) is 9.40. The van der Waals surface area contributed by atoms with E-state index < -0.39 is 0 Å². The van der Waals surface area contributed by atoms with Crippen LogP contribution in [0.1, 0.15) is 27.2 Å². The van der Waals surface area contributed by atoms with E-state index in [0.717, 1.165) is 44.0 Å². The molecule has 6 rings (SSSR count). The fourth-order valence-electron chi connectivity index (χ4n) is 4.39. The van der Waals surface area contributed by atoms with Crippen LogP contribution in [0.25, 0.3) is 27.2 Å². The monoisotopic (exact) mass is 531 g/mol. The third-order valence-electron chi connectivity index (χ3n) is 6.38. The molecule has 0 saturated carbocycles. The summed E-state index contributed by atoms with van der Waals surface area (Å²) in [5.41, 5.74) is 6.78. The van der Waals surface area contributed by atoms with Crippen LogP contribution in [0.15, 0.2) is 91.0 Å². The number of fused-ring (bicyclic) bond motifs is 1. The van der Waals surface area contributed by atoms with Crippen molar-refractivity contribution in [2.45, 2.75) is 20.8 Å². The predicted molar refractivity (Wildman–Crippen MR) is 155 cm³/mol. The van der Waals surface area contributed by atoms with Gasteiger partial charge in [-0.25, -0.2) is 9.97 Å². The Labute approximate surface area is 229 Å². The number of benzene rings is 2. The highest BCUT2D eigenvalue weighted by molar-refractivity contribution is 7.16. The molecular formula is C31H25N5O2S. The molecular weight excluding hydrogens is 506 g/mol. The van der Waals surface area contributed by atoms with Gasteiger partial charge in [-0.05, 0) is 85.8 Å². The minimum atomic E-state index is -0.217. The lowest BCUT2D eigenvalue weighted by Crippen LogP contribution is -2.12. The minimum absolute atomic E-state index is 0.217. The number of aryl methyl sites for hydroxylation is 3. The Balaban J connectivity index is 1.29. The van der Waals surface area contributed by atoms with Crippen LogP contribution in [0.5, 0.6) is 11.5 Å². The largest absolute Gasteiger partial charge is 0.456 e. The number of pyridine rings is 2. The smallest absolute Gasteiger partial charge is 0.255 e. The summed E-state index contributed by atoms with van der Waals surface area (Å²) in [5.74, 6) is 1.08. The predicted octanol–water partition coefficient (Wildman–Crippen LogP) is 7.51. The Bertz CT molecular complexity index is 1820. The van der Waals surface area contributed by atoms with Gasteiger partial charge in [-0.1, -0.05) is 6.07 Å². The summed E-state index contributed by atoms with van der Waals surface area (Å²) in [5, 5.41) is 5.96. The molecule has 192 valence electrons. The van der Waals surface area contributed by atoms with Gasteiger partial charge in [0.1, 0.15) is 16.3 Å². The van der Waals surface area contributed by atoms with E-state index in [2.05, 4.69) is 21.4 Å². The third-order valence-corrected chi connectivity index (χ3v) is 7.18. The zero-order valence-corrected chi connectivity index (χ0v) is 22.5. The van der Waals surface area contributed by atoms with Crippen molar-refractivity contribution in [1.82, 2.24) is 19.5 Å². The average Bonchev–Trinajstić information content (AvgIpc) is 3.59. The molecule has 2 aromatic carbocycles. The van der Waals surface area contributed by atoms with Crippen LogP contribution < -0.4 is 10.1 Å². The lowest BCUT2D eigenvalue weighted by molar-refractivity contribution is 0.102. The first kappa shape index (κ1) is 24.5. The Morgan fingerprint density at radius 3 is 2.59 bits per heavy atom. The van der Waals surface area contributed by atoms with Gasteiger partial charge >= 0.3 is 0 Å². The number of aromatic nitrogens is 4. The summed E-state index contributed by atoms with van der Waals surface area (Å²) in [6, 6.07) is 19.2. The third kappa shape index (κ3) is 5.15. The normalized spacial score (nSPS) is 11.1. The number of rotatable bonds is 6. The van der Waals surface area contributed by atoms with Gasteiger partial charge in [0.15, 0.2) is 0 Å². The van der Waals surface area contributed by atoms with Gasteiger partial charge in [0.2, 0.25) is 0 Å². The number of hydrogen-bond acceptors (Lipinski definition) is 6. The first-order valence-corrected chi connectivity index (χ1v) is 13.3. The van der Waals surface area contributed by atoms with E-state index >= 15 is 0 Å². The molecule has 1 N–H and O–H groups in total. The van der Waals surface area contributed by atoms with Gasteiger partial charge in [0.05, 0.1) is 23.1 Å². The highest BCUT2D eigenvalue weighted by Crippen LogP contribution is 2.36. The lowest BCUT2D eigenvalue weighted by atomic mass is 10.1. The standard InChI is InChI=1S/C31H25N5O2S/c1-19-12-24(15-25(13-19)36-17-21(3)33-18-36)34-30(37)23-5-4-20(2)28(14-23)38-29-16-27(22-6-9-32-10-7-22)35-31-26(29)8-11-39-31/h4-18H,1-3H3,(H,34,37). The number of ether oxygens (including phenoxy) is 1. The number of nitrogens with one attached hydrogen (secondary N) is 1. The molecule has 6 aromatic rings. The molecule has 4 aromatic heterocycles. The molecule has 0 bridgehead atoms. The van der Waals surface area contributed by atoms with Crippen LogP contribution in [-0.4, -0.2) is 25.4 Å². The van der Waals surface area contributed by atoms with Crippen molar-refractivity contribution in [3.63, 3.8) is 0 Å². The number of amides is 1. The van der Waals surface area contributed by atoms with Crippen molar-refractivity contribution >= 4 is 33.1 Å². The topological polar surface area (TPSA) is 81.9 Å². The second kappa shape index (κ2) is 10.2. The molecule has 0 fully saturated rings. The Kier molecular flexibility index (Phi) is 6.38. The van der Waals surface area contributed by atoms with Gasteiger partial charge in [-0.3, -0.25) is 9.78 Å². The number of hydrogen-bond donors (Lipinski definition) is 1. The van der Waals surface area contributed by atoms with Crippen molar-refractivity contribution in [2.24, 2.45) is 0 Å². The lowest BCUT2D eigenvalue weighted by Gasteiger charge is -2.14.